The summed E-state index contributed by atoms with van der Waals surface area (Å²) >= 11 is 0. The highest BCUT2D eigenvalue weighted by atomic mass is 16.5. The predicted octanol–water partition coefficient (Wildman–Crippen LogP) is 0.831. The molecule has 6 nitrogen and oxygen atoms in total. The maximum Gasteiger partial charge on any atom is 0.200 e. The van der Waals surface area contributed by atoms with Crippen molar-refractivity contribution in [3.63, 3.8) is 0 Å². The molecule has 0 saturated carbocycles. The molecular weight excluding hydrogens is 232 g/mol. The third-order valence-corrected chi connectivity index (χ3v) is 2.70. The first-order chi connectivity index (χ1) is 8.74. The summed E-state index contributed by atoms with van der Waals surface area (Å²) in [5, 5.41) is 15.9. The summed E-state index contributed by atoms with van der Waals surface area (Å²) in [6, 6.07) is 5.62. The van der Waals surface area contributed by atoms with Crippen LogP contribution in [-0.2, 0) is 4.74 Å². The van der Waals surface area contributed by atoms with E-state index in [9.17, 15) is 5.11 Å². The fraction of sp³-hybridized carbons (Fsp3) is 0.417. The maximum absolute atomic E-state index is 9.95. The average molecular weight is 250 g/mol. The monoisotopic (exact) mass is 250 g/mol. The number of fused-ring (bicyclic) bond motifs is 1. The maximum atomic E-state index is 9.95. The van der Waals surface area contributed by atoms with Gasteiger partial charge in [-0.3, -0.25) is 5.32 Å². The molecule has 1 heterocycles. The van der Waals surface area contributed by atoms with E-state index in [0.29, 0.717) is 19.1 Å². The molecule has 2 aromatic rings. The van der Waals surface area contributed by atoms with E-state index >= 15 is 0 Å². The Bertz CT molecular complexity index is 512. The zero-order valence-corrected chi connectivity index (χ0v) is 10.5. The van der Waals surface area contributed by atoms with Crippen LogP contribution in [0.4, 0.5) is 5.95 Å². The van der Waals surface area contributed by atoms with Crippen LogP contribution in [0.25, 0.3) is 11.0 Å². The molecule has 1 aromatic carbocycles. The highest BCUT2D eigenvalue weighted by molar-refractivity contribution is 5.78. The number of nitrogens with zero attached hydrogens (tertiary/aromatic N) is 1. The van der Waals surface area contributed by atoms with Gasteiger partial charge < -0.3 is 20.1 Å². The fourth-order valence-corrected chi connectivity index (χ4v) is 1.73. The molecule has 1 atom stereocenters. The topological polar surface area (TPSA) is 82.2 Å². The molecular formula is C12H18N4O2. The summed E-state index contributed by atoms with van der Waals surface area (Å²) in [5.74, 6) is 0.712. The SMILES string of the molecule is CNc1nc2ccc(C(O)NCCOC)cc2[nH]1. The molecule has 18 heavy (non-hydrogen) atoms. The van der Waals surface area contributed by atoms with Crippen LogP contribution in [0.1, 0.15) is 11.8 Å². The summed E-state index contributed by atoms with van der Waals surface area (Å²) < 4.78 is 4.92. The summed E-state index contributed by atoms with van der Waals surface area (Å²) in [7, 11) is 3.43. The second-order valence-corrected chi connectivity index (χ2v) is 3.96. The molecule has 6 heteroatoms. The van der Waals surface area contributed by atoms with E-state index in [2.05, 4.69) is 20.6 Å². The van der Waals surface area contributed by atoms with Gasteiger partial charge in [-0.05, 0) is 17.7 Å². The first kappa shape index (κ1) is 12.8. The quantitative estimate of drug-likeness (QED) is 0.451. The number of aromatic amines is 1. The number of methoxy groups -OCH3 is 1. The Morgan fingerprint density at radius 3 is 3.06 bits per heavy atom. The Kier molecular flexibility index (Phi) is 4.14. The number of aliphatic hydroxyl groups is 1. The third-order valence-electron chi connectivity index (χ3n) is 2.70. The van der Waals surface area contributed by atoms with E-state index in [1.165, 1.54) is 0 Å². The molecule has 0 radical (unpaired) electrons. The summed E-state index contributed by atoms with van der Waals surface area (Å²) in [4.78, 5) is 7.44. The molecule has 0 amide bonds. The smallest absolute Gasteiger partial charge is 0.200 e. The van der Waals surface area contributed by atoms with Crippen molar-refractivity contribution in [2.24, 2.45) is 0 Å². The van der Waals surface area contributed by atoms with Crippen LogP contribution in [0, 0.1) is 0 Å². The normalized spacial score (nSPS) is 12.8. The van der Waals surface area contributed by atoms with Crippen molar-refractivity contribution >= 4 is 17.0 Å². The molecule has 0 saturated heterocycles. The molecule has 98 valence electrons. The molecule has 1 aromatic heterocycles. The van der Waals surface area contributed by atoms with Crippen molar-refractivity contribution in [3.05, 3.63) is 23.8 Å². The van der Waals surface area contributed by atoms with Crippen LogP contribution in [-0.4, -0.2) is 42.4 Å². The minimum absolute atomic E-state index is 0.563. The Morgan fingerprint density at radius 1 is 1.50 bits per heavy atom. The van der Waals surface area contributed by atoms with E-state index in [1.807, 2.05) is 18.2 Å². The van der Waals surface area contributed by atoms with Crippen LogP contribution in [0.3, 0.4) is 0 Å². The van der Waals surface area contributed by atoms with E-state index in [4.69, 9.17) is 4.74 Å². The Hall–Kier alpha value is -1.63. The predicted molar refractivity (Wildman–Crippen MR) is 70.5 cm³/mol. The lowest BCUT2D eigenvalue weighted by Gasteiger charge is -2.12. The first-order valence-corrected chi connectivity index (χ1v) is 5.82. The van der Waals surface area contributed by atoms with Gasteiger partial charge in [0.2, 0.25) is 5.95 Å². The molecule has 0 fully saturated rings. The Labute approximate surface area is 105 Å². The largest absolute Gasteiger partial charge is 0.383 e. The standard InChI is InChI=1S/C12H18N4O2/c1-13-12-15-9-4-3-8(7-10(9)16-12)11(17)14-5-6-18-2/h3-4,7,11,14,17H,5-6H2,1-2H3,(H2,13,15,16). The number of aliphatic hydroxyl groups excluding tert-OH is 1. The molecule has 4 N–H and O–H groups in total. The van der Waals surface area contributed by atoms with Gasteiger partial charge in [0.25, 0.3) is 0 Å². The lowest BCUT2D eigenvalue weighted by atomic mass is 10.2. The fourth-order valence-electron chi connectivity index (χ4n) is 1.73. The summed E-state index contributed by atoms with van der Waals surface area (Å²) in [6.07, 6.45) is -0.703. The van der Waals surface area contributed by atoms with Crippen LogP contribution >= 0.6 is 0 Å². The number of imidazole rings is 1. The van der Waals surface area contributed by atoms with Gasteiger partial charge in [-0.15, -0.1) is 0 Å². The van der Waals surface area contributed by atoms with Gasteiger partial charge in [-0.25, -0.2) is 4.98 Å². The van der Waals surface area contributed by atoms with Crippen molar-refractivity contribution in [2.75, 3.05) is 32.6 Å². The van der Waals surface area contributed by atoms with Gasteiger partial charge in [-0.1, -0.05) is 6.07 Å². The minimum Gasteiger partial charge on any atom is -0.383 e. The van der Waals surface area contributed by atoms with Crippen LogP contribution in [0.5, 0.6) is 0 Å². The lowest BCUT2D eigenvalue weighted by Crippen LogP contribution is -2.24. The van der Waals surface area contributed by atoms with Gasteiger partial charge >= 0.3 is 0 Å². The number of ether oxygens (including phenoxy) is 1. The van der Waals surface area contributed by atoms with E-state index in [0.717, 1.165) is 16.6 Å². The second-order valence-electron chi connectivity index (χ2n) is 3.96. The molecule has 0 bridgehead atoms. The summed E-state index contributed by atoms with van der Waals surface area (Å²) in [5.41, 5.74) is 2.56. The van der Waals surface area contributed by atoms with Crippen molar-refractivity contribution in [1.82, 2.24) is 15.3 Å². The molecule has 2 rings (SSSR count). The van der Waals surface area contributed by atoms with Crippen molar-refractivity contribution in [3.8, 4) is 0 Å². The highest BCUT2D eigenvalue weighted by Crippen LogP contribution is 2.19. The van der Waals surface area contributed by atoms with Crippen molar-refractivity contribution in [1.29, 1.82) is 0 Å². The number of hydrogen-bond acceptors (Lipinski definition) is 5. The number of rotatable bonds is 6. The first-order valence-electron chi connectivity index (χ1n) is 5.82. The van der Waals surface area contributed by atoms with E-state index in [-0.39, 0.29) is 0 Å². The molecule has 0 spiro atoms. The minimum atomic E-state index is -0.703. The zero-order chi connectivity index (χ0) is 13.0. The second kappa shape index (κ2) is 5.81. The van der Waals surface area contributed by atoms with Crippen LogP contribution < -0.4 is 10.6 Å². The lowest BCUT2D eigenvalue weighted by molar-refractivity contribution is 0.119. The van der Waals surface area contributed by atoms with E-state index < -0.39 is 6.23 Å². The number of nitrogens with one attached hydrogen (secondary N) is 3. The van der Waals surface area contributed by atoms with Crippen LogP contribution in [0.15, 0.2) is 18.2 Å². The third kappa shape index (κ3) is 2.79. The van der Waals surface area contributed by atoms with Gasteiger partial charge in [0.15, 0.2) is 0 Å². The van der Waals surface area contributed by atoms with Crippen molar-refractivity contribution in [2.45, 2.75) is 6.23 Å². The number of aromatic nitrogens is 2. The van der Waals surface area contributed by atoms with Gasteiger partial charge in [0, 0.05) is 20.7 Å². The molecule has 0 aliphatic carbocycles. The number of benzene rings is 1. The molecule has 0 aliphatic heterocycles. The number of H-pyrrole nitrogens is 1. The van der Waals surface area contributed by atoms with Gasteiger partial charge in [-0.2, -0.15) is 0 Å². The highest BCUT2D eigenvalue weighted by Gasteiger charge is 2.08. The van der Waals surface area contributed by atoms with Gasteiger partial charge in [0.1, 0.15) is 6.23 Å². The Morgan fingerprint density at radius 2 is 2.33 bits per heavy atom. The van der Waals surface area contributed by atoms with Crippen molar-refractivity contribution < 1.29 is 9.84 Å². The zero-order valence-electron chi connectivity index (χ0n) is 10.5. The van der Waals surface area contributed by atoms with Crippen LogP contribution in [0.2, 0.25) is 0 Å². The average Bonchev–Trinajstić information content (AvgIpc) is 2.80. The number of hydrogen-bond donors (Lipinski definition) is 4. The molecule has 1 unspecified atom stereocenters. The van der Waals surface area contributed by atoms with Gasteiger partial charge in [0.05, 0.1) is 17.6 Å². The summed E-state index contributed by atoms with van der Waals surface area (Å²) in [6.45, 7) is 1.16. The number of anilines is 1. The Balaban J connectivity index is 2.13. The van der Waals surface area contributed by atoms with E-state index in [1.54, 1.807) is 14.2 Å². The molecule has 0 aliphatic rings.